The van der Waals surface area contributed by atoms with Crippen LogP contribution in [0.1, 0.15) is 24.2 Å². The lowest BCUT2D eigenvalue weighted by Gasteiger charge is -2.14. The maximum Gasteiger partial charge on any atom is 0.231 e. The van der Waals surface area contributed by atoms with Gasteiger partial charge in [-0.1, -0.05) is 35.9 Å². The van der Waals surface area contributed by atoms with Gasteiger partial charge in [0.2, 0.25) is 6.79 Å². The van der Waals surface area contributed by atoms with Crippen molar-refractivity contribution >= 4 is 17.6 Å². The van der Waals surface area contributed by atoms with Gasteiger partial charge in [0, 0.05) is 23.7 Å². The minimum absolute atomic E-state index is 0.225. The van der Waals surface area contributed by atoms with Gasteiger partial charge >= 0.3 is 0 Å². The SMILES string of the molecule is CCNC(=NCC(O)c1ccccc1Cl)NCCc1ccc2c(c1)OCO2. The topological polar surface area (TPSA) is 75.1 Å². The summed E-state index contributed by atoms with van der Waals surface area (Å²) >= 11 is 6.13. The highest BCUT2D eigenvalue weighted by molar-refractivity contribution is 6.31. The predicted octanol–water partition coefficient (Wildman–Crippen LogP) is 2.90. The Labute approximate surface area is 164 Å². The molecule has 0 amide bonds. The van der Waals surface area contributed by atoms with Crippen LogP contribution in [0.5, 0.6) is 11.5 Å². The van der Waals surface area contributed by atoms with Gasteiger partial charge in [-0.2, -0.15) is 0 Å². The second-order valence-corrected chi connectivity index (χ2v) is 6.53. The first-order chi connectivity index (χ1) is 13.2. The Morgan fingerprint density at radius 1 is 1.19 bits per heavy atom. The third-order valence-electron chi connectivity index (χ3n) is 4.17. The molecule has 1 heterocycles. The van der Waals surface area contributed by atoms with Crippen molar-refractivity contribution in [3.8, 4) is 11.5 Å². The van der Waals surface area contributed by atoms with Crippen molar-refractivity contribution < 1.29 is 14.6 Å². The standard InChI is InChI=1S/C20H24ClN3O3/c1-2-22-20(24-12-17(25)15-5-3-4-6-16(15)21)23-10-9-14-7-8-18-19(11-14)27-13-26-18/h3-8,11,17,25H,2,9-10,12-13H2,1H3,(H2,22,23,24). The number of nitrogens with one attached hydrogen (secondary N) is 2. The molecule has 3 N–H and O–H groups in total. The third-order valence-corrected chi connectivity index (χ3v) is 4.52. The third kappa shape index (κ3) is 5.28. The van der Waals surface area contributed by atoms with Gasteiger partial charge in [-0.15, -0.1) is 0 Å². The molecule has 6 nitrogen and oxygen atoms in total. The minimum atomic E-state index is -0.747. The minimum Gasteiger partial charge on any atom is -0.454 e. The van der Waals surface area contributed by atoms with Crippen LogP contribution in [0.25, 0.3) is 0 Å². The molecule has 0 fully saturated rings. The number of fused-ring (bicyclic) bond motifs is 1. The average Bonchev–Trinajstić information content (AvgIpc) is 3.14. The summed E-state index contributed by atoms with van der Waals surface area (Å²) < 4.78 is 10.7. The lowest BCUT2D eigenvalue weighted by atomic mass is 10.1. The van der Waals surface area contributed by atoms with Crippen LogP contribution in [0.2, 0.25) is 5.02 Å². The Bertz CT molecular complexity index is 798. The van der Waals surface area contributed by atoms with Crippen LogP contribution in [0, 0.1) is 0 Å². The van der Waals surface area contributed by atoms with Crippen molar-refractivity contribution in [1.82, 2.24) is 10.6 Å². The van der Waals surface area contributed by atoms with E-state index in [2.05, 4.69) is 15.6 Å². The highest BCUT2D eigenvalue weighted by atomic mass is 35.5. The number of benzene rings is 2. The van der Waals surface area contributed by atoms with E-state index in [1.165, 1.54) is 0 Å². The van der Waals surface area contributed by atoms with Gasteiger partial charge in [0.1, 0.15) is 6.10 Å². The van der Waals surface area contributed by atoms with Crippen LogP contribution in [-0.2, 0) is 6.42 Å². The number of aliphatic hydroxyl groups excluding tert-OH is 1. The van der Waals surface area contributed by atoms with Crippen molar-refractivity contribution in [3.63, 3.8) is 0 Å². The lowest BCUT2D eigenvalue weighted by molar-refractivity contribution is 0.174. The molecule has 1 aliphatic rings. The second kappa shape index (κ2) is 9.48. The van der Waals surface area contributed by atoms with Gasteiger partial charge in [0.05, 0.1) is 6.54 Å². The number of hydrogen-bond acceptors (Lipinski definition) is 4. The van der Waals surface area contributed by atoms with E-state index in [0.29, 0.717) is 23.1 Å². The molecule has 0 aromatic heterocycles. The van der Waals surface area contributed by atoms with Crippen molar-refractivity contribution in [3.05, 3.63) is 58.6 Å². The van der Waals surface area contributed by atoms with Crippen LogP contribution in [0.15, 0.2) is 47.5 Å². The van der Waals surface area contributed by atoms with Gasteiger partial charge in [0.25, 0.3) is 0 Å². The molecule has 3 rings (SSSR count). The van der Waals surface area contributed by atoms with Crippen molar-refractivity contribution in [2.45, 2.75) is 19.4 Å². The monoisotopic (exact) mass is 389 g/mol. The molecule has 0 aliphatic carbocycles. The fraction of sp³-hybridized carbons (Fsp3) is 0.350. The zero-order valence-corrected chi connectivity index (χ0v) is 16.0. The Balaban J connectivity index is 1.54. The summed E-state index contributed by atoms with van der Waals surface area (Å²) in [6.07, 6.45) is 0.0664. The highest BCUT2D eigenvalue weighted by Crippen LogP contribution is 2.32. The molecular formula is C20H24ClN3O3. The van der Waals surface area contributed by atoms with Gasteiger partial charge in [-0.3, -0.25) is 4.99 Å². The molecule has 1 atom stereocenters. The smallest absolute Gasteiger partial charge is 0.231 e. The van der Waals surface area contributed by atoms with Crippen LogP contribution in [0.3, 0.4) is 0 Å². The molecule has 1 unspecified atom stereocenters. The summed E-state index contributed by atoms with van der Waals surface area (Å²) in [5.41, 5.74) is 1.83. The molecular weight excluding hydrogens is 366 g/mol. The van der Waals surface area contributed by atoms with E-state index in [9.17, 15) is 5.11 Å². The number of nitrogens with zero attached hydrogens (tertiary/aromatic N) is 1. The quantitative estimate of drug-likeness (QED) is 0.501. The fourth-order valence-corrected chi connectivity index (χ4v) is 3.05. The summed E-state index contributed by atoms with van der Waals surface area (Å²) in [5, 5.41) is 17.3. The maximum absolute atomic E-state index is 10.3. The second-order valence-electron chi connectivity index (χ2n) is 6.12. The first-order valence-electron chi connectivity index (χ1n) is 9.00. The van der Waals surface area contributed by atoms with Crippen LogP contribution < -0.4 is 20.1 Å². The molecule has 0 radical (unpaired) electrons. The Morgan fingerprint density at radius 3 is 2.81 bits per heavy atom. The Kier molecular flexibility index (Phi) is 6.79. The zero-order chi connectivity index (χ0) is 19.1. The van der Waals surface area contributed by atoms with Crippen LogP contribution in [-0.4, -0.2) is 37.5 Å². The van der Waals surface area contributed by atoms with E-state index in [1.54, 1.807) is 6.07 Å². The summed E-state index contributed by atoms with van der Waals surface area (Å²) in [6, 6.07) is 13.2. The zero-order valence-electron chi connectivity index (χ0n) is 15.2. The van der Waals surface area contributed by atoms with Gasteiger partial charge in [-0.25, -0.2) is 0 Å². The van der Waals surface area contributed by atoms with E-state index in [0.717, 1.165) is 30.0 Å². The molecule has 27 heavy (non-hydrogen) atoms. The average molecular weight is 390 g/mol. The first kappa shape index (κ1) is 19.3. The molecule has 2 aromatic rings. The molecule has 144 valence electrons. The molecule has 0 spiro atoms. The van der Waals surface area contributed by atoms with Crippen LogP contribution in [0.4, 0.5) is 0 Å². The summed E-state index contributed by atoms with van der Waals surface area (Å²) in [6.45, 7) is 3.94. The highest BCUT2D eigenvalue weighted by Gasteiger charge is 2.13. The molecule has 1 aliphatic heterocycles. The number of aliphatic hydroxyl groups is 1. The first-order valence-corrected chi connectivity index (χ1v) is 9.38. The Morgan fingerprint density at radius 2 is 2.00 bits per heavy atom. The number of halogens is 1. The molecule has 2 aromatic carbocycles. The summed E-state index contributed by atoms with van der Waals surface area (Å²) in [5.74, 6) is 2.23. The molecule has 7 heteroatoms. The normalized spacial score (nSPS) is 14.1. The molecule has 0 bridgehead atoms. The fourth-order valence-electron chi connectivity index (χ4n) is 2.78. The number of rotatable bonds is 7. The summed E-state index contributed by atoms with van der Waals surface area (Å²) in [4.78, 5) is 4.46. The van der Waals surface area contributed by atoms with E-state index < -0.39 is 6.10 Å². The molecule has 0 saturated carbocycles. The molecule has 0 saturated heterocycles. The van der Waals surface area contributed by atoms with E-state index in [-0.39, 0.29) is 13.3 Å². The largest absolute Gasteiger partial charge is 0.454 e. The number of aliphatic imine (C=N–C) groups is 1. The van der Waals surface area contributed by atoms with Crippen molar-refractivity contribution in [2.75, 3.05) is 26.4 Å². The summed E-state index contributed by atoms with van der Waals surface area (Å²) in [7, 11) is 0. The number of hydrogen-bond donors (Lipinski definition) is 3. The van der Waals surface area contributed by atoms with Gasteiger partial charge in [0.15, 0.2) is 17.5 Å². The number of guanidine groups is 1. The predicted molar refractivity (Wildman–Crippen MR) is 107 cm³/mol. The van der Waals surface area contributed by atoms with E-state index in [4.69, 9.17) is 21.1 Å². The maximum atomic E-state index is 10.3. The van der Waals surface area contributed by atoms with Gasteiger partial charge in [-0.05, 0) is 37.1 Å². The lowest BCUT2D eigenvalue weighted by Crippen LogP contribution is -2.38. The van der Waals surface area contributed by atoms with Gasteiger partial charge < -0.3 is 25.2 Å². The van der Waals surface area contributed by atoms with E-state index in [1.807, 2.05) is 43.3 Å². The van der Waals surface area contributed by atoms with Crippen LogP contribution >= 0.6 is 11.6 Å². The number of ether oxygens (including phenoxy) is 2. The van der Waals surface area contributed by atoms with Crippen molar-refractivity contribution in [1.29, 1.82) is 0 Å². The Hall–Kier alpha value is -2.44. The van der Waals surface area contributed by atoms with Crippen molar-refractivity contribution in [2.24, 2.45) is 4.99 Å². The van der Waals surface area contributed by atoms with E-state index >= 15 is 0 Å².